The quantitative estimate of drug-likeness (QED) is 0.782. The molecule has 0 bridgehead atoms. The fraction of sp³-hybridized carbons (Fsp3) is 0.429. The highest BCUT2D eigenvalue weighted by Crippen LogP contribution is 2.15. The average molecular weight is 262 g/mol. The second-order valence-electron chi connectivity index (χ2n) is 4.21. The largest absolute Gasteiger partial charge is 0.466 e. The fourth-order valence-electron chi connectivity index (χ4n) is 1.71. The number of esters is 1. The molecule has 0 aliphatic rings. The van der Waals surface area contributed by atoms with Gasteiger partial charge in [-0.2, -0.15) is 5.26 Å². The SMILES string of the molecule is CCOC(=O)CC(O)CN(C)c1cccc(C#N)c1. The molecule has 0 fully saturated rings. The van der Waals surface area contributed by atoms with Crippen molar-refractivity contribution in [2.24, 2.45) is 0 Å². The second kappa shape index (κ2) is 7.39. The summed E-state index contributed by atoms with van der Waals surface area (Å²) in [6.07, 6.45) is -0.828. The molecule has 0 amide bonds. The number of likely N-dealkylation sites (N-methyl/N-ethyl adjacent to an activating group) is 1. The molecule has 19 heavy (non-hydrogen) atoms. The van der Waals surface area contributed by atoms with Crippen LogP contribution < -0.4 is 4.90 Å². The summed E-state index contributed by atoms with van der Waals surface area (Å²) in [7, 11) is 1.80. The maximum absolute atomic E-state index is 11.2. The van der Waals surface area contributed by atoms with Gasteiger partial charge in [0.1, 0.15) is 0 Å². The zero-order valence-electron chi connectivity index (χ0n) is 11.2. The van der Waals surface area contributed by atoms with E-state index in [-0.39, 0.29) is 6.42 Å². The summed E-state index contributed by atoms with van der Waals surface area (Å²) in [5.74, 6) is -0.408. The van der Waals surface area contributed by atoms with Gasteiger partial charge in [-0.1, -0.05) is 6.07 Å². The standard InChI is InChI=1S/C14H18N2O3/c1-3-19-14(18)8-13(17)10-16(2)12-6-4-5-11(7-12)9-15/h4-7,13,17H,3,8,10H2,1-2H3. The minimum absolute atomic E-state index is 0.0316. The van der Waals surface area contributed by atoms with E-state index in [1.165, 1.54) is 0 Å². The Balaban J connectivity index is 2.56. The smallest absolute Gasteiger partial charge is 0.308 e. The van der Waals surface area contributed by atoms with Gasteiger partial charge in [0.2, 0.25) is 0 Å². The molecule has 1 atom stereocenters. The molecule has 102 valence electrons. The predicted molar refractivity (Wildman–Crippen MR) is 71.7 cm³/mol. The molecule has 5 heteroatoms. The highest BCUT2D eigenvalue weighted by molar-refractivity contribution is 5.70. The minimum atomic E-state index is -0.796. The summed E-state index contributed by atoms with van der Waals surface area (Å²) >= 11 is 0. The number of carbonyl (C=O) groups excluding carboxylic acids is 1. The van der Waals surface area contributed by atoms with E-state index in [9.17, 15) is 9.90 Å². The first-order valence-corrected chi connectivity index (χ1v) is 6.11. The highest BCUT2D eigenvalue weighted by atomic mass is 16.5. The molecular formula is C14H18N2O3. The number of aliphatic hydroxyl groups excluding tert-OH is 1. The van der Waals surface area contributed by atoms with Crippen molar-refractivity contribution in [2.45, 2.75) is 19.4 Å². The van der Waals surface area contributed by atoms with Gasteiger partial charge in [0, 0.05) is 19.3 Å². The van der Waals surface area contributed by atoms with Crippen molar-refractivity contribution in [3.63, 3.8) is 0 Å². The molecule has 0 aliphatic heterocycles. The number of aliphatic hydroxyl groups is 1. The number of nitriles is 1. The average Bonchev–Trinajstić information content (AvgIpc) is 2.38. The lowest BCUT2D eigenvalue weighted by Gasteiger charge is -2.22. The summed E-state index contributed by atoms with van der Waals surface area (Å²) in [5, 5.41) is 18.6. The fourth-order valence-corrected chi connectivity index (χ4v) is 1.71. The van der Waals surface area contributed by atoms with Gasteiger partial charge in [-0.15, -0.1) is 0 Å². The van der Waals surface area contributed by atoms with Gasteiger partial charge < -0.3 is 14.7 Å². The molecule has 0 spiro atoms. The molecule has 0 saturated heterocycles. The van der Waals surface area contributed by atoms with E-state index in [1.54, 1.807) is 37.1 Å². The first-order valence-electron chi connectivity index (χ1n) is 6.11. The Labute approximate surface area is 113 Å². The van der Waals surface area contributed by atoms with Crippen LogP contribution in [-0.4, -0.2) is 37.4 Å². The number of carbonyl (C=O) groups is 1. The van der Waals surface area contributed by atoms with Crippen LogP contribution in [0.4, 0.5) is 5.69 Å². The van der Waals surface area contributed by atoms with Crippen molar-refractivity contribution in [1.82, 2.24) is 0 Å². The van der Waals surface area contributed by atoms with Crippen LogP contribution in [0.3, 0.4) is 0 Å². The molecule has 5 nitrogen and oxygen atoms in total. The van der Waals surface area contributed by atoms with E-state index in [2.05, 4.69) is 6.07 Å². The number of hydrogen-bond acceptors (Lipinski definition) is 5. The van der Waals surface area contributed by atoms with Crippen LogP contribution in [0.2, 0.25) is 0 Å². The molecule has 1 aromatic rings. The number of anilines is 1. The van der Waals surface area contributed by atoms with Gasteiger partial charge in [0.05, 0.1) is 30.8 Å². The molecule has 0 saturated carbocycles. The van der Waals surface area contributed by atoms with Crippen molar-refractivity contribution in [1.29, 1.82) is 5.26 Å². The van der Waals surface area contributed by atoms with Crippen LogP contribution in [0.25, 0.3) is 0 Å². The van der Waals surface area contributed by atoms with Gasteiger partial charge in [0.25, 0.3) is 0 Å². The van der Waals surface area contributed by atoms with Crippen LogP contribution in [0.1, 0.15) is 18.9 Å². The first-order chi connectivity index (χ1) is 9.06. The maximum atomic E-state index is 11.2. The van der Waals surface area contributed by atoms with Crippen molar-refractivity contribution in [3.8, 4) is 6.07 Å². The Hall–Kier alpha value is -2.06. The zero-order valence-corrected chi connectivity index (χ0v) is 11.2. The third-order valence-corrected chi connectivity index (χ3v) is 2.61. The normalized spacial score (nSPS) is 11.5. The summed E-state index contributed by atoms with van der Waals surface area (Å²) in [6, 6.07) is 9.13. The number of ether oxygens (including phenoxy) is 1. The molecule has 1 unspecified atom stereocenters. The topological polar surface area (TPSA) is 73.6 Å². The maximum Gasteiger partial charge on any atom is 0.308 e. The lowest BCUT2D eigenvalue weighted by molar-refractivity contribution is -0.145. The lowest BCUT2D eigenvalue weighted by Crippen LogP contribution is -2.31. The Kier molecular flexibility index (Phi) is 5.83. The Morgan fingerprint density at radius 3 is 2.95 bits per heavy atom. The summed E-state index contributed by atoms with van der Waals surface area (Å²) in [6.45, 7) is 2.34. The molecule has 0 radical (unpaired) electrons. The van der Waals surface area contributed by atoms with Crippen LogP contribution in [-0.2, 0) is 9.53 Å². The van der Waals surface area contributed by atoms with E-state index < -0.39 is 12.1 Å². The van der Waals surface area contributed by atoms with Crippen LogP contribution in [0.15, 0.2) is 24.3 Å². The number of hydrogen-bond donors (Lipinski definition) is 1. The van der Waals surface area contributed by atoms with Gasteiger partial charge in [-0.25, -0.2) is 0 Å². The van der Waals surface area contributed by atoms with E-state index in [4.69, 9.17) is 10.00 Å². The Bertz CT molecular complexity index is 468. The lowest BCUT2D eigenvalue weighted by atomic mass is 10.2. The van der Waals surface area contributed by atoms with Crippen LogP contribution in [0, 0.1) is 11.3 Å². The van der Waals surface area contributed by atoms with Crippen molar-refractivity contribution < 1.29 is 14.6 Å². The van der Waals surface area contributed by atoms with Crippen LogP contribution in [0.5, 0.6) is 0 Å². The summed E-state index contributed by atoms with van der Waals surface area (Å²) in [5.41, 5.74) is 1.38. The van der Waals surface area contributed by atoms with Gasteiger partial charge in [-0.05, 0) is 25.1 Å². The van der Waals surface area contributed by atoms with Gasteiger partial charge in [-0.3, -0.25) is 4.79 Å². The number of benzene rings is 1. The number of nitrogens with zero attached hydrogens (tertiary/aromatic N) is 2. The predicted octanol–water partition coefficient (Wildman–Crippen LogP) is 1.31. The Morgan fingerprint density at radius 2 is 2.32 bits per heavy atom. The molecule has 1 N–H and O–H groups in total. The summed E-state index contributed by atoms with van der Waals surface area (Å²) in [4.78, 5) is 13.0. The molecule has 0 aromatic heterocycles. The third kappa shape index (κ3) is 4.98. The molecule has 0 heterocycles. The van der Waals surface area contributed by atoms with Gasteiger partial charge >= 0.3 is 5.97 Å². The van der Waals surface area contributed by atoms with Crippen molar-refractivity contribution in [3.05, 3.63) is 29.8 Å². The molecule has 1 aromatic carbocycles. The second-order valence-corrected chi connectivity index (χ2v) is 4.21. The molecular weight excluding hydrogens is 244 g/mol. The van der Waals surface area contributed by atoms with Crippen molar-refractivity contribution >= 4 is 11.7 Å². The highest BCUT2D eigenvalue weighted by Gasteiger charge is 2.14. The van der Waals surface area contributed by atoms with E-state index in [1.807, 2.05) is 6.07 Å². The number of rotatable bonds is 6. The zero-order chi connectivity index (χ0) is 14.3. The van der Waals surface area contributed by atoms with E-state index in [0.717, 1.165) is 5.69 Å². The van der Waals surface area contributed by atoms with Crippen LogP contribution >= 0.6 is 0 Å². The van der Waals surface area contributed by atoms with E-state index in [0.29, 0.717) is 18.7 Å². The molecule has 1 rings (SSSR count). The van der Waals surface area contributed by atoms with Crippen molar-refractivity contribution in [2.75, 3.05) is 25.1 Å². The third-order valence-electron chi connectivity index (χ3n) is 2.61. The minimum Gasteiger partial charge on any atom is -0.466 e. The Morgan fingerprint density at radius 1 is 1.58 bits per heavy atom. The van der Waals surface area contributed by atoms with Gasteiger partial charge in [0.15, 0.2) is 0 Å². The molecule has 0 aliphatic carbocycles. The van der Waals surface area contributed by atoms with E-state index >= 15 is 0 Å². The monoisotopic (exact) mass is 262 g/mol. The summed E-state index contributed by atoms with van der Waals surface area (Å²) < 4.78 is 4.78. The first kappa shape index (κ1) is 15.0.